The van der Waals surface area contributed by atoms with E-state index in [1.54, 1.807) is 79.7 Å². The summed E-state index contributed by atoms with van der Waals surface area (Å²) in [5, 5.41) is 43.3. The molecular formula is C77H36F3N11. The van der Waals surface area contributed by atoms with Crippen molar-refractivity contribution in [3.8, 4) is 102 Å². The molecular weight excluding hydrogens is 1140 g/mol. The monoisotopic (exact) mass is 1170 g/mol. The van der Waals surface area contributed by atoms with Gasteiger partial charge >= 0.3 is 6.18 Å². The van der Waals surface area contributed by atoms with Gasteiger partial charge in [0.15, 0.2) is 28.4 Å². The molecule has 0 spiro atoms. The van der Waals surface area contributed by atoms with E-state index in [0.29, 0.717) is 139 Å². The van der Waals surface area contributed by atoms with Crippen molar-refractivity contribution in [1.29, 1.82) is 21.0 Å². The number of alkyl halides is 3. The van der Waals surface area contributed by atoms with Crippen molar-refractivity contribution in [2.24, 2.45) is 0 Å². The quantitative estimate of drug-likeness (QED) is 0.140. The minimum atomic E-state index is -4.67. The molecule has 0 saturated heterocycles. The molecule has 0 aliphatic carbocycles. The van der Waals surface area contributed by atoms with Crippen molar-refractivity contribution in [3.05, 3.63) is 291 Å². The van der Waals surface area contributed by atoms with Crippen molar-refractivity contribution in [1.82, 2.24) is 9.13 Å². The molecule has 0 atom stereocenters. The first-order chi connectivity index (χ1) is 44.2. The summed E-state index contributed by atoms with van der Waals surface area (Å²) in [5.74, 6) is 0. The number of nitriles is 4. The number of aryl methyl sites for hydroxylation is 1. The van der Waals surface area contributed by atoms with Crippen LogP contribution in [0.15, 0.2) is 200 Å². The molecule has 0 saturated carbocycles. The van der Waals surface area contributed by atoms with Gasteiger partial charge in [-0.15, -0.1) is 0 Å². The lowest BCUT2D eigenvalue weighted by molar-refractivity contribution is -0.137. The fourth-order valence-corrected chi connectivity index (χ4v) is 12.2. The molecule has 11 nitrogen and oxygen atoms in total. The molecule has 13 rings (SSSR count). The zero-order chi connectivity index (χ0) is 63.4. The SMILES string of the molecule is [C-]#[N+]c1ccc(-c2ccc3c(c2)c2cc(-c4ccc(C#N)cc4[N+]#[C-])ccc2n3-c2ccc(-c3cc(C)cc(C(F)(F)F)c3)cc2-c2ccc([N+]#[C-])cc2-n2c3ccc(-c4ccc([N+]#[C-])cc4C#N)cc3c3cc(-c4ccc(C#N)cc4[N+]#[C-])ccc32)c(C#N)c1. The molecule has 0 aliphatic rings. The zero-order valence-corrected chi connectivity index (χ0v) is 47.6. The highest BCUT2D eigenvalue weighted by Crippen LogP contribution is 2.48. The van der Waals surface area contributed by atoms with Gasteiger partial charge in [0.1, 0.15) is 0 Å². The van der Waals surface area contributed by atoms with E-state index in [1.807, 2.05) is 95.6 Å². The number of fused-ring (bicyclic) bond motifs is 6. The van der Waals surface area contributed by atoms with Crippen LogP contribution in [0.25, 0.3) is 146 Å². The van der Waals surface area contributed by atoms with Crippen LogP contribution in [-0.2, 0) is 6.18 Å². The normalized spacial score (nSPS) is 11.0. The van der Waals surface area contributed by atoms with Gasteiger partial charge in [-0.1, -0.05) is 84.9 Å². The van der Waals surface area contributed by atoms with Crippen molar-refractivity contribution >= 4 is 72.0 Å². The van der Waals surface area contributed by atoms with E-state index < -0.39 is 11.7 Å². The standard InChI is InChI=1S/C77H36F3N11/c1-44-27-52(31-55(28-44)77(78,79)80)47-9-22-71(90-72-23-10-48(59-19-14-56(85-2)32-53(59)42-83)35-65(72)67-37-50(12-25-73(67)90)61-17-7-45(40-81)29-69(61)88-5)64(34-47)63-21-16-58(87-4)39-76(63)91-74-24-11-49(60-20-15-57(86-3)33-54(60)43-84)36-66(74)68-38-51(13-26-75(68)91)62-18-8-46(41-82)30-70(62)89-6/h7-39H,1H3. The van der Waals surface area contributed by atoms with Crippen LogP contribution < -0.4 is 0 Å². The Balaban J connectivity index is 1.14. The van der Waals surface area contributed by atoms with Gasteiger partial charge in [-0.05, 0) is 183 Å². The van der Waals surface area contributed by atoms with Gasteiger partial charge in [0.2, 0.25) is 0 Å². The van der Waals surface area contributed by atoms with E-state index in [9.17, 15) is 34.2 Å². The lowest BCUT2D eigenvalue weighted by Gasteiger charge is -2.21. The van der Waals surface area contributed by atoms with Crippen molar-refractivity contribution < 1.29 is 13.2 Å². The third-order valence-electron chi connectivity index (χ3n) is 16.4. The van der Waals surface area contributed by atoms with Gasteiger partial charge in [0.05, 0.1) is 90.5 Å². The minimum Gasteiger partial charge on any atom is -0.310 e. The molecule has 0 radical (unpaired) electrons. The van der Waals surface area contributed by atoms with Gasteiger partial charge in [-0.25, -0.2) is 24.2 Å². The largest absolute Gasteiger partial charge is 0.416 e. The predicted octanol–water partition coefficient (Wildman–Crippen LogP) is 21.5. The first-order valence-corrected chi connectivity index (χ1v) is 27.9. The van der Waals surface area contributed by atoms with Crippen molar-refractivity contribution in [2.75, 3.05) is 0 Å². The van der Waals surface area contributed by atoms with Crippen LogP contribution in [0.1, 0.15) is 33.4 Å². The van der Waals surface area contributed by atoms with Crippen LogP contribution in [0.5, 0.6) is 0 Å². The highest BCUT2D eigenvalue weighted by molar-refractivity contribution is 6.15. The fraction of sp³-hybridized carbons (Fsp3) is 0.0260. The second kappa shape index (κ2) is 22.3. The lowest BCUT2D eigenvalue weighted by Crippen LogP contribution is -2.05. The van der Waals surface area contributed by atoms with Crippen LogP contribution in [0.4, 0.5) is 41.6 Å². The minimum absolute atomic E-state index is 0.263. The summed E-state index contributed by atoms with van der Waals surface area (Å²) in [7, 11) is 0. The average molecular weight is 1170 g/mol. The number of aromatic nitrogens is 2. The highest BCUT2D eigenvalue weighted by atomic mass is 19.4. The number of rotatable bonds is 8. The molecule has 2 heterocycles. The molecule has 420 valence electrons. The maximum atomic E-state index is 14.8. The summed E-state index contributed by atoms with van der Waals surface area (Å²) in [5.41, 5.74) is 12.8. The van der Waals surface area contributed by atoms with Crippen LogP contribution in [0.3, 0.4) is 0 Å². The second-order valence-electron chi connectivity index (χ2n) is 21.5. The van der Waals surface area contributed by atoms with E-state index in [0.717, 1.165) is 22.9 Å². The predicted molar refractivity (Wildman–Crippen MR) is 348 cm³/mol. The summed E-state index contributed by atoms with van der Waals surface area (Å²) in [4.78, 5) is 18.6. The summed E-state index contributed by atoms with van der Waals surface area (Å²) in [6.07, 6.45) is -4.67. The molecule has 91 heavy (non-hydrogen) atoms. The molecule has 13 aromatic rings. The van der Waals surface area contributed by atoms with Crippen LogP contribution in [-0.4, -0.2) is 9.13 Å². The van der Waals surface area contributed by atoms with Crippen LogP contribution in [0, 0.1) is 85.1 Å². The highest BCUT2D eigenvalue weighted by Gasteiger charge is 2.32. The average Bonchev–Trinajstić information content (AvgIpc) is 1.63. The van der Waals surface area contributed by atoms with E-state index >= 15 is 0 Å². The maximum absolute atomic E-state index is 14.8. The third-order valence-corrected chi connectivity index (χ3v) is 16.4. The Morgan fingerprint density at radius 3 is 1.16 bits per heavy atom. The number of hydrogen-bond donors (Lipinski definition) is 0. The fourth-order valence-electron chi connectivity index (χ4n) is 12.2. The van der Waals surface area contributed by atoms with E-state index in [1.165, 1.54) is 24.3 Å². The molecule has 0 fully saturated rings. The summed E-state index contributed by atoms with van der Waals surface area (Å²) >= 11 is 0. The first kappa shape index (κ1) is 56.4. The Labute approximate surface area is 519 Å². The summed E-state index contributed by atoms with van der Waals surface area (Å²) in [6, 6.07) is 66.3. The second-order valence-corrected chi connectivity index (χ2v) is 21.5. The third kappa shape index (κ3) is 9.68. The van der Waals surface area contributed by atoms with Gasteiger partial charge in [-0.3, -0.25) is 0 Å². The first-order valence-electron chi connectivity index (χ1n) is 27.9. The Kier molecular flexibility index (Phi) is 13.8. The molecule has 2 aromatic heterocycles. The Morgan fingerprint density at radius 1 is 0.341 bits per heavy atom. The number of nitrogens with zero attached hydrogens (tertiary/aromatic N) is 11. The Hall–Kier alpha value is -13.8. The molecule has 0 amide bonds. The lowest BCUT2D eigenvalue weighted by atomic mass is 9.93. The van der Waals surface area contributed by atoms with E-state index in [-0.39, 0.29) is 28.2 Å². The van der Waals surface area contributed by atoms with Crippen LogP contribution in [0.2, 0.25) is 0 Å². The maximum Gasteiger partial charge on any atom is 0.416 e. The molecule has 0 N–H and O–H groups in total. The smallest absolute Gasteiger partial charge is 0.310 e. The van der Waals surface area contributed by atoms with Crippen LogP contribution >= 0.6 is 0 Å². The molecule has 0 unspecified atom stereocenters. The van der Waals surface area contributed by atoms with E-state index in [4.69, 9.17) is 32.9 Å². The van der Waals surface area contributed by atoms with Crippen molar-refractivity contribution in [3.63, 3.8) is 0 Å². The Morgan fingerprint density at radius 2 is 0.747 bits per heavy atom. The van der Waals surface area contributed by atoms with Gasteiger partial charge in [0, 0.05) is 60.6 Å². The van der Waals surface area contributed by atoms with Gasteiger partial charge in [0.25, 0.3) is 0 Å². The topological polar surface area (TPSA) is 127 Å². The van der Waals surface area contributed by atoms with Gasteiger partial charge < -0.3 is 9.13 Å². The Bertz CT molecular complexity index is 5530. The molecule has 14 heteroatoms. The van der Waals surface area contributed by atoms with Crippen molar-refractivity contribution in [2.45, 2.75) is 13.1 Å². The summed E-state index contributed by atoms with van der Waals surface area (Å²) < 4.78 is 48.4. The molecule has 0 bridgehead atoms. The number of benzene rings is 11. The summed E-state index contributed by atoms with van der Waals surface area (Å²) in [6.45, 7) is 41.6. The molecule has 11 aromatic carbocycles. The zero-order valence-electron chi connectivity index (χ0n) is 47.6. The number of halogens is 3. The van der Waals surface area contributed by atoms with E-state index in [2.05, 4.69) is 53.1 Å². The number of hydrogen-bond acceptors (Lipinski definition) is 4. The molecule has 0 aliphatic heterocycles. The van der Waals surface area contributed by atoms with Gasteiger partial charge in [-0.2, -0.15) is 34.2 Å².